The van der Waals surface area contributed by atoms with Crippen molar-refractivity contribution in [3.63, 3.8) is 0 Å². The van der Waals surface area contributed by atoms with Gasteiger partial charge in [0, 0.05) is 0 Å². The molecule has 0 spiro atoms. The van der Waals surface area contributed by atoms with E-state index in [0.29, 0.717) is 11.2 Å². The van der Waals surface area contributed by atoms with Gasteiger partial charge in [-0.2, -0.15) is 14.8 Å². The van der Waals surface area contributed by atoms with Crippen molar-refractivity contribution in [2.45, 2.75) is 59.5 Å². The van der Waals surface area contributed by atoms with Crippen molar-refractivity contribution in [2.24, 2.45) is 0 Å². The molecule has 2 rings (SSSR count). The van der Waals surface area contributed by atoms with Crippen LogP contribution in [-0.2, 0) is 24.9 Å². The van der Waals surface area contributed by atoms with Crippen molar-refractivity contribution in [1.29, 1.82) is 0 Å². The Labute approximate surface area is 156 Å². The monoisotopic (exact) mass is 406 g/mol. The first-order chi connectivity index (χ1) is 12.1. The predicted octanol–water partition coefficient (Wildman–Crippen LogP) is 2.86. The smallest absolute Gasteiger partial charge is 0.356 e. The molecule has 0 aliphatic carbocycles. The Morgan fingerprint density at radius 1 is 1.12 bits per heavy atom. The van der Waals surface area contributed by atoms with Gasteiger partial charge in [-0.1, -0.05) is 11.6 Å². The Morgan fingerprint density at radius 3 is 2.31 bits per heavy atom. The molecule has 0 saturated heterocycles. The minimum Gasteiger partial charge on any atom is -0.368 e. The molecule has 0 aliphatic rings. The van der Waals surface area contributed by atoms with Crippen LogP contribution in [0.3, 0.4) is 0 Å². The number of hydrogen-bond donors (Lipinski definition) is 1. The van der Waals surface area contributed by atoms with Crippen molar-refractivity contribution in [2.75, 3.05) is 12.1 Å². The van der Waals surface area contributed by atoms with Gasteiger partial charge in [-0.15, -0.1) is 10.2 Å². The van der Waals surface area contributed by atoms with Crippen LogP contribution < -0.4 is 5.73 Å². The standard InChI is InChI=1S/C14H24ClN6O4P/c1-8(2)24-26(22,25-9(3)4)7-23-10(5)6-21-19-11-12(15)17-14(16)18-13(11)20-21/h8-10H,6-7H2,1-5H3,(H2,16,18,20)/t10-/m1/s1. The summed E-state index contributed by atoms with van der Waals surface area (Å²) in [5, 5.41) is 8.54. The van der Waals surface area contributed by atoms with E-state index in [4.69, 9.17) is 31.1 Å². The Balaban J connectivity index is 2.02. The molecular weight excluding hydrogens is 383 g/mol. The van der Waals surface area contributed by atoms with Crippen LogP contribution in [0.1, 0.15) is 34.6 Å². The molecule has 0 bridgehead atoms. The number of nitrogens with two attached hydrogens (primary N) is 1. The van der Waals surface area contributed by atoms with Gasteiger partial charge >= 0.3 is 7.60 Å². The number of nitrogen functional groups attached to an aromatic ring is 1. The van der Waals surface area contributed by atoms with E-state index in [0.717, 1.165) is 0 Å². The summed E-state index contributed by atoms with van der Waals surface area (Å²) in [6, 6.07) is 0. The maximum Gasteiger partial charge on any atom is 0.356 e. The van der Waals surface area contributed by atoms with Crippen LogP contribution in [0.2, 0.25) is 5.15 Å². The fourth-order valence-corrected chi connectivity index (χ4v) is 4.25. The zero-order valence-corrected chi connectivity index (χ0v) is 17.1. The zero-order chi connectivity index (χ0) is 19.5. The molecule has 1 atom stereocenters. The number of rotatable bonds is 9. The first-order valence-electron chi connectivity index (χ1n) is 8.19. The molecule has 0 fully saturated rings. The summed E-state index contributed by atoms with van der Waals surface area (Å²) in [6.45, 7) is 9.23. The fraction of sp³-hybridized carbons (Fsp3) is 0.714. The average Bonchev–Trinajstić information content (AvgIpc) is 2.86. The number of aromatic nitrogens is 5. The summed E-state index contributed by atoms with van der Waals surface area (Å²) < 4.78 is 29.3. The third kappa shape index (κ3) is 5.85. The van der Waals surface area contributed by atoms with Crippen molar-refractivity contribution >= 4 is 36.3 Å². The largest absolute Gasteiger partial charge is 0.368 e. The van der Waals surface area contributed by atoms with Crippen LogP contribution in [-0.4, -0.2) is 49.6 Å². The second-order valence-electron chi connectivity index (χ2n) is 6.33. The number of halogens is 1. The lowest BCUT2D eigenvalue weighted by Gasteiger charge is -2.24. The summed E-state index contributed by atoms with van der Waals surface area (Å²) in [7, 11) is -3.37. The summed E-state index contributed by atoms with van der Waals surface area (Å²) in [5.74, 6) is 0.0245. The van der Waals surface area contributed by atoms with Gasteiger partial charge in [-0.05, 0) is 34.6 Å². The van der Waals surface area contributed by atoms with Crippen LogP contribution >= 0.6 is 19.2 Å². The molecule has 2 N–H and O–H groups in total. The quantitative estimate of drug-likeness (QED) is 0.493. The van der Waals surface area contributed by atoms with Gasteiger partial charge in [0.2, 0.25) is 11.6 Å². The number of nitrogens with zero attached hydrogens (tertiary/aromatic N) is 5. The third-order valence-corrected chi connectivity index (χ3v) is 5.16. The van der Waals surface area contributed by atoms with E-state index in [1.807, 2.05) is 0 Å². The SMILES string of the molecule is CC(C)OP(=O)(CO[C@H](C)Cn1nc2nc(N)nc(Cl)c2n1)OC(C)C. The van der Waals surface area contributed by atoms with E-state index in [-0.39, 0.29) is 42.3 Å². The van der Waals surface area contributed by atoms with Crippen LogP contribution in [0.15, 0.2) is 0 Å². The normalized spacial score (nSPS) is 13.8. The molecule has 12 heteroatoms. The highest BCUT2D eigenvalue weighted by Crippen LogP contribution is 2.50. The minimum absolute atomic E-state index is 0.0245. The molecule has 2 heterocycles. The number of fused-ring (bicyclic) bond motifs is 1. The second-order valence-corrected chi connectivity index (χ2v) is 8.58. The summed E-state index contributed by atoms with van der Waals surface area (Å²) in [4.78, 5) is 9.19. The molecule has 0 amide bonds. The minimum atomic E-state index is -3.37. The van der Waals surface area contributed by atoms with Crippen LogP contribution in [0.4, 0.5) is 5.95 Å². The van der Waals surface area contributed by atoms with Gasteiger partial charge in [0.15, 0.2) is 10.7 Å². The van der Waals surface area contributed by atoms with Gasteiger partial charge in [0.1, 0.15) is 6.35 Å². The molecule has 0 unspecified atom stereocenters. The lowest BCUT2D eigenvalue weighted by molar-refractivity contribution is 0.0504. The van der Waals surface area contributed by atoms with E-state index < -0.39 is 7.60 Å². The van der Waals surface area contributed by atoms with E-state index in [1.165, 1.54) is 4.80 Å². The predicted molar refractivity (Wildman–Crippen MR) is 98.0 cm³/mol. The molecule has 0 aliphatic heterocycles. The molecule has 2 aromatic heterocycles. The molecule has 10 nitrogen and oxygen atoms in total. The first kappa shape index (κ1) is 21.0. The van der Waals surface area contributed by atoms with Gasteiger partial charge in [-0.25, -0.2) is 0 Å². The Bertz CT molecular complexity index is 785. The van der Waals surface area contributed by atoms with Crippen LogP contribution in [0.5, 0.6) is 0 Å². The first-order valence-corrected chi connectivity index (χ1v) is 10.3. The Hall–Kier alpha value is -1.32. The van der Waals surface area contributed by atoms with E-state index >= 15 is 0 Å². The molecule has 2 aromatic rings. The molecule has 0 saturated carbocycles. The lowest BCUT2D eigenvalue weighted by Crippen LogP contribution is -2.21. The van der Waals surface area contributed by atoms with Crippen LogP contribution in [0, 0.1) is 0 Å². The summed E-state index contributed by atoms with van der Waals surface area (Å²) in [6.07, 6.45) is -1.02. The third-order valence-electron chi connectivity index (χ3n) is 2.95. The van der Waals surface area contributed by atoms with Gasteiger partial charge < -0.3 is 19.5 Å². The number of ether oxygens (including phenoxy) is 1. The summed E-state index contributed by atoms with van der Waals surface area (Å²) in [5.41, 5.74) is 6.19. The van der Waals surface area contributed by atoms with Crippen LogP contribution in [0.25, 0.3) is 11.2 Å². The topological polar surface area (TPSA) is 127 Å². The van der Waals surface area contributed by atoms with Crippen molar-refractivity contribution in [3.8, 4) is 0 Å². The van der Waals surface area contributed by atoms with Crippen molar-refractivity contribution in [1.82, 2.24) is 25.0 Å². The maximum atomic E-state index is 12.8. The Kier molecular flexibility index (Phi) is 6.92. The highest BCUT2D eigenvalue weighted by Gasteiger charge is 2.29. The second kappa shape index (κ2) is 8.58. The van der Waals surface area contributed by atoms with Gasteiger partial charge in [0.05, 0.1) is 24.9 Å². The van der Waals surface area contributed by atoms with Gasteiger partial charge in [0.25, 0.3) is 0 Å². The molecular formula is C14H24ClN6O4P. The maximum absolute atomic E-state index is 12.8. The van der Waals surface area contributed by atoms with Crippen molar-refractivity contribution < 1.29 is 18.3 Å². The zero-order valence-electron chi connectivity index (χ0n) is 15.4. The average molecular weight is 407 g/mol. The highest BCUT2D eigenvalue weighted by molar-refractivity contribution is 7.53. The van der Waals surface area contributed by atoms with Crippen molar-refractivity contribution in [3.05, 3.63) is 5.15 Å². The Morgan fingerprint density at radius 2 is 1.73 bits per heavy atom. The number of anilines is 1. The highest BCUT2D eigenvalue weighted by atomic mass is 35.5. The van der Waals surface area contributed by atoms with Gasteiger partial charge in [-0.3, -0.25) is 4.57 Å². The lowest BCUT2D eigenvalue weighted by atomic mass is 10.4. The van der Waals surface area contributed by atoms with E-state index in [1.54, 1.807) is 34.6 Å². The molecule has 146 valence electrons. The van der Waals surface area contributed by atoms with E-state index in [9.17, 15) is 4.57 Å². The molecule has 0 aromatic carbocycles. The molecule has 26 heavy (non-hydrogen) atoms. The number of hydrogen-bond acceptors (Lipinski definition) is 9. The van der Waals surface area contributed by atoms with E-state index in [2.05, 4.69) is 20.2 Å². The summed E-state index contributed by atoms with van der Waals surface area (Å²) >= 11 is 5.98. The fourth-order valence-electron chi connectivity index (χ4n) is 2.15. The molecule has 0 radical (unpaired) electrons.